The number of aromatic hydroxyl groups is 1. The Hall–Kier alpha value is -3.32. The third-order valence-electron chi connectivity index (χ3n) is 6.66. The molecule has 3 aromatic rings. The monoisotopic (exact) mass is 461 g/mol. The van der Waals surface area contributed by atoms with Crippen LogP contribution in [-0.4, -0.2) is 52.0 Å². The Morgan fingerprint density at radius 3 is 2.74 bits per heavy atom. The summed E-state index contributed by atoms with van der Waals surface area (Å²) in [7, 11) is 0. The lowest BCUT2D eigenvalue weighted by atomic mass is 9.95. The lowest BCUT2D eigenvalue weighted by molar-refractivity contribution is 0.0495. The summed E-state index contributed by atoms with van der Waals surface area (Å²) in [5.41, 5.74) is 3.44. The van der Waals surface area contributed by atoms with Gasteiger partial charge in [0.05, 0.1) is 18.8 Å². The van der Waals surface area contributed by atoms with E-state index >= 15 is 0 Å². The number of aromatic nitrogens is 2. The predicted molar refractivity (Wildman–Crippen MR) is 129 cm³/mol. The van der Waals surface area contributed by atoms with Gasteiger partial charge in [-0.15, -0.1) is 0 Å². The maximum Gasteiger partial charge on any atom is 0.273 e. The van der Waals surface area contributed by atoms with Gasteiger partial charge >= 0.3 is 0 Å². The van der Waals surface area contributed by atoms with Gasteiger partial charge in [0.15, 0.2) is 0 Å². The molecular formula is C27H31N3O4. The molecule has 0 aliphatic carbocycles. The van der Waals surface area contributed by atoms with Crippen LogP contribution in [0.4, 0.5) is 0 Å². The molecule has 2 atom stereocenters. The number of nitrogens with zero attached hydrogens (tertiary/aromatic N) is 2. The van der Waals surface area contributed by atoms with E-state index in [4.69, 9.17) is 9.47 Å². The largest absolute Gasteiger partial charge is 0.507 e. The number of carbonyl (C=O) groups excluding carboxylic acids is 1. The maximum absolute atomic E-state index is 13.5. The zero-order chi connectivity index (χ0) is 23.5. The number of ether oxygens (including phenoxy) is 2. The van der Waals surface area contributed by atoms with Crippen LogP contribution in [0.15, 0.2) is 48.5 Å². The van der Waals surface area contributed by atoms with Crippen molar-refractivity contribution >= 4 is 5.91 Å². The molecule has 2 N–H and O–H groups in total. The number of fused-ring (bicyclic) bond motifs is 1. The molecule has 7 heteroatoms. The van der Waals surface area contributed by atoms with Crippen LogP contribution in [0.2, 0.25) is 0 Å². The van der Waals surface area contributed by atoms with Crippen molar-refractivity contribution in [1.29, 1.82) is 0 Å². The summed E-state index contributed by atoms with van der Waals surface area (Å²) < 4.78 is 11.8. The summed E-state index contributed by atoms with van der Waals surface area (Å²) in [5, 5.41) is 17.9. The van der Waals surface area contributed by atoms with E-state index in [1.54, 1.807) is 12.1 Å². The molecular weight excluding hydrogens is 430 g/mol. The first-order valence-corrected chi connectivity index (χ1v) is 12.2. The number of phenols is 1. The van der Waals surface area contributed by atoms with Crippen molar-refractivity contribution in [3.63, 3.8) is 0 Å². The van der Waals surface area contributed by atoms with E-state index in [0.717, 1.165) is 55.6 Å². The number of phenolic OH excluding ortho intramolecular Hbond substituents is 1. The van der Waals surface area contributed by atoms with Crippen molar-refractivity contribution in [2.45, 2.75) is 51.2 Å². The zero-order valence-corrected chi connectivity index (χ0v) is 19.5. The van der Waals surface area contributed by atoms with Gasteiger partial charge in [-0.1, -0.05) is 44.0 Å². The Morgan fingerprint density at radius 1 is 1.18 bits per heavy atom. The Kier molecular flexibility index (Phi) is 6.54. The van der Waals surface area contributed by atoms with Crippen molar-refractivity contribution < 1.29 is 19.4 Å². The highest BCUT2D eigenvalue weighted by Crippen LogP contribution is 2.45. The van der Waals surface area contributed by atoms with Crippen LogP contribution in [0, 0.1) is 0 Å². The van der Waals surface area contributed by atoms with Crippen molar-refractivity contribution in [3.8, 4) is 22.8 Å². The molecule has 5 rings (SSSR count). The predicted octanol–water partition coefficient (Wildman–Crippen LogP) is 5.08. The quantitative estimate of drug-likeness (QED) is 0.434. The van der Waals surface area contributed by atoms with E-state index in [0.29, 0.717) is 30.1 Å². The van der Waals surface area contributed by atoms with Gasteiger partial charge in [-0.2, -0.15) is 5.10 Å². The number of unbranched alkanes of at least 4 members (excludes halogenated alkanes) is 2. The van der Waals surface area contributed by atoms with E-state index in [1.807, 2.05) is 41.3 Å². The van der Waals surface area contributed by atoms with E-state index in [9.17, 15) is 9.90 Å². The lowest BCUT2D eigenvalue weighted by Crippen LogP contribution is -2.36. The zero-order valence-electron chi connectivity index (χ0n) is 19.5. The maximum atomic E-state index is 13.5. The molecule has 34 heavy (non-hydrogen) atoms. The molecule has 178 valence electrons. The number of nitrogens with one attached hydrogen (secondary N) is 1. The number of hydrogen-bond acceptors (Lipinski definition) is 5. The molecule has 2 aromatic carbocycles. The molecule has 7 nitrogen and oxygen atoms in total. The fourth-order valence-electron chi connectivity index (χ4n) is 4.91. The first kappa shape index (κ1) is 22.5. The summed E-state index contributed by atoms with van der Waals surface area (Å²) in [4.78, 5) is 15.4. The van der Waals surface area contributed by atoms with Gasteiger partial charge in [0.1, 0.15) is 22.9 Å². The Morgan fingerprint density at radius 2 is 2.00 bits per heavy atom. The van der Waals surface area contributed by atoms with Crippen LogP contribution < -0.4 is 4.74 Å². The highest BCUT2D eigenvalue weighted by molar-refractivity contribution is 6.00. The van der Waals surface area contributed by atoms with Gasteiger partial charge in [-0.25, -0.2) is 0 Å². The standard InChI is InChI=1S/C27H31N3O4/c1-2-3-6-15-33-19-13-11-18(12-14-19)26-23-24(21-9-4-5-10-22(21)31)28-29-25(23)27(32)30(26)17-20-8-7-16-34-20/h4-5,9-14,20,26,31H,2-3,6-8,15-17H2,1H3,(H,28,29)/t20-,26+/m0/s1. The Balaban J connectivity index is 1.50. The Bertz CT molecular complexity index is 1140. The van der Waals surface area contributed by atoms with Crippen LogP contribution in [0.3, 0.4) is 0 Å². The van der Waals surface area contributed by atoms with E-state index < -0.39 is 0 Å². The second-order valence-corrected chi connectivity index (χ2v) is 9.00. The van der Waals surface area contributed by atoms with Gasteiger partial charge in [0.2, 0.25) is 0 Å². The van der Waals surface area contributed by atoms with Gasteiger partial charge in [-0.3, -0.25) is 9.89 Å². The highest BCUT2D eigenvalue weighted by atomic mass is 16.5. The second kappa shape index (κ2) is 9.89. The lowest BCUT2D eigenvalue weighted by Gasteiger charge is -2.28. The van der Waals surface area contributed by atoms with Gasteiger partial charge < -0.3 is 19.5 Å². The van der Waals surface area contributed by atoms with Crippen molar-refractivity contribution in [1.82, 2.24) is 15.1 Å². The molecule has 0 unspecified atom stereocenters. The van der Waals surface area contributed by atoms with Crippen LogP contribution in [0.1, 0.15) is 66.7 Å². The van der Waals surface area contributed by atoms with E-state index in [1.165, 1.54) is 0 Å². The number of benzene rings is 2. The topological polar surface area (TPSA) is 87.7 Å². The average molecular weight is 462 g/mol. The second-order valence-electron chi connectivity index (χ2n) is 9.00. The molecule has 0 radical (unpaired) electrons. The molecule has 2 aliphatic heterocycles. The van der Waals surface area contributed by atoms with Crippen molar-refractivity contribution in [3.05, 3.63) is 65.4 Å². The molecule has 1 amide bonds. The smallest absolute Gasteiger partial charge is 0.273 e. The summed E-state index contributed by atoms with van der Waals surface area (Å²) in [6, 6.07) is 14.7. The fraction of sp³-hybridized carbons (Fsp3) is 0.407. The first-order chi connectivity index (χ1) is 16.7. The van der Waals surface area contributed by atoms with Crippen LogP contribution in [-0.2, 0) is 4.74 Å². The van der Waals surface area contributed by atoms with E-state index in [2.05, 4.69) is 17.1 Å². The Labute approximate surface area is 199 Å². The van der Waals surface area contributed by atoms with Gasteiger partial charge in [0, 0.05) is 24.3 Å². The van der Waals surface area contributed by atoms with E-state index in [-0.39, 0.29) is 23.8 Å². The fourth-order valence-corrected chi connectivity index (χ4v) is 4.91. The molecule has 3 heterocycles. The van der Waals surface area contributed by atoms with Crippen molar-refractivity contribution in [2.75, 3.05) is 19.8 Å². The first-order valence-electron chi connectivity index (χ1n) is 12.2. The summed E-state index contributed by atoms with van der Waals surface area (Å²) in [6.45, 7) is 4.12. The highest BCUT2D eigenvalue weighted by Gasteiger charge is 2.43. The molecule has 1 aromatic heterocycles. The molecule has 2 aliphatic rings. The molecule has 0 bridgehead atoms. The SMILES string of the molecule is CCCCCOc1ccc([C@@H]2c3c(-c4ccccc4O)n[nH]c3C(=O)N2C[C@@H]2CCCO2)cc1. The minimum Gasteiger partial charge on any atom is -0.507 e. The molecule has 1 fully saturated rings. The third-order valence-corrected chi connectivity index (χ3v) is 6.66. The summed E-state index contributed by atoms with van der Waals surface area (Å²) in [6.07, 6.45) is 5.33. The third kappa shape index (κ3) is 4.28. The number of H-pyrrole nitrogens is 1. The summed E-state index contributed by atoms with van der Waals surface area (Å²) in [5.74, 6) is 0.865. The average Bonchev–Trinajstić information content (AvgIpc) is 3.58. The minimum atomic E-state index is -0.325. The minimum absolute atomic E-state index is 0.0261. The summed E-state index contributed by atoms with van der Waals surface area (Å²) >= 11 is 0. The number of aromatic amines is 1. The normalized spacial score (nSPS) is 19.6. The van der Waals surface area contributed by atoms with Crippen molar-refractivity contribution in [2.24, 2.45) is 0 Å². The van der Waals surface area contributed by atoms with Gasteiger partial charge in [0.25, 0.3) is 5.91 Å². The molecule has 0 saturated carbocycles. The van der Waals surface area contributed by atoms with Crippen LogP contribution in [0.5, 0.6) is 11.5 Å². The number of amides is 1. The number of para-hydroxylation sites is 1. The molecule has 1 saturated heterocycles. The number of carbonyl (C=O) groups is 1. The van der Waals surface area contributed by atoms with Crippen LogP contribution in [0.25, 0.3) is 11.3 Å². The molecule has 0 spiro atoms. The number of hydrogen-bond donors (Lipinski definition) is 2. The van der Waals surface area contributed by atoms with Gasteiger partial charge in [-0.05, 0) is 49.1 Å². The van der Waals surface area contributed by atoms with Crippen LogP contribution >= 0.6 is 0 Å². The number of rotatable bonds is 9.